The molecule has 1 fully saturated rings. The van der Waals surface area contributed by atoms with Crippen LogP contribution in [0.2, 0.25) is 0 Å². The number of benzene rings is 1. The van der Waals surface area contributed by atoms with Gasteiger partial charge in [-0.15, -0.1) is 0 Å². The molecule has 0 spiro atoms. The van der Waals surface area contributed by atoms with Gasteiger partial charge in [0.05, 0.1) is 16.7 Å². The first kappa shape index (κ1) is 12.5. The van der Waals surface area contributed by atoms with Gasteiger partial charge in [-0.05, 0) is 30.7 Å². The average Bonchev–Trinajstić information content (AvgIpc) is 2.87. The number of rotatable bonds is 3. The Hall–Kier alpha value is -2.20. The number of likely N-dealkylation sites (tertiary alicyclic amines) is 1. The van der Waals surface area contributed by atoms with Crippen molar-refractivity contribution in [2.45, 2.75) is 19.4 Å². The van der Waals surface area contributed by atoms with E-state index in [-0.39, 0.29) is 0 Å². The Morgan fingerprint density at radius 1 is 1.19 bits per heavy atom. The first-order chi connectivity index (χ1) is 10.3. The molecular formula is C17H18N4. The zero-order valence-corrected chi connectivity index (χ0v) is 12.1. The highest BCUT2D eigenvalue weighted by Gasteiger charge is 2.30. The Balaban J connectivity index is 1.44. The fourth-order valence-corrected chi connectivity index (χ4v) is 2.93. The second-order valence-electron chi connectivity index (χ2n) is 5.80. The van der Waals surface area contributed by atoms with Gasteiger partial charge in [0, 0.05) is 31.7 Å². The molecule has 1 saturated heterocycles. The van der Waals surface area contributed by atoms with Crippen molar-refractivity contribution in [3.63, 3.8) is 0 Å². The summed E-state index contributed by atoms with van der Waals surface area (Å²) in [7, 11) is 0. The largest absolute Gasteiger partial charge is 0.342 e. The van der Waals surface area contributed by atoms with Crippen LogP contribution >= 0.6 is 0 Å². The van der Waals surface area contributed by atoms with Gasteiger partial charge in [-0.1, -0.05) is 18.2 Å². The van der Waals surface area contributed by atoms with Gasteiger partial charge in [0.1, 0.15) is 5.82 Å². The quantitative estimate of drug-likeness (QED) is 0.801. The second-order valence-corrected chi connectivity index (χ2v) is 5.80. The Labute approximate surface area is 123 Å². The van der Waals surface area contributed by atoms with Crippen LogP contribution in [-0.2, 0) is 6.54 Å². The fourth-order valence-electron chi connectivity index (χ4n) is 2.93. The number of aryl methyl sites for hydroxylation is 1. The highest BCUT2D eigenvalue weighted by Crippen LogP contribution is 2.28. The molecule has 4 nitrogen and oxygen atoms in total. The Morgan fingerprint density at radius 3 is 2.86 bits per heavy atom. The van der Waals surface area contributed by atoms with E-state index < -0.39 is 0 Å². The number of hydrogen-bond donors (Lipinski definition) is 1. The van der Waals surface area contributed by atoms with Crippen LogP contribution < -0.4 is 0 Å². The molecule has 0 unspecified atom stereocenters. The van der Waals surface area contributed by atoms with E-state index in [1.807, 2.05) is 24.4 Å². The molecule has 0 bridgehead atoms. The maximum Gasteiger partial charge on any atom is 0.112 e. The summed E-state index contributed by atoms with van der Waals surface area (Å²) in [5.74, 6) is 1.63. The highest BCUT2D eigenvalue weighted by atomic mass is 15.2. The number of fused-ring (bicyclic) bond motifs is 1. The number of imidazole rings is 1. The van der Waals surface area contributed by atoms with E-state index in [4.69, 9.17) is 4.98 Å². The van der Waals surface area contributed by atoms with Gasteiger partial charge in [-0.25, -0.2) is 4.98 Å². The summed E-state index contributed by atoms with van der Waals surface area (Å²) >= 11 is 0. The molecule has 1 aliphatic heterocycles. The predicted molar refractivity (Wildman–Crippen MR) is 83.1 cm³/mol. The van der Waals surface area contributed by atoms with Crippen LogP contribution in [0.1, 0.15) is 23.0 Å². The summed E-state index contributed by atoms with van der Waals surface area (Å²) in [4.78, 5) is 15.0. The van der Waals surface area contributed by atoms with E-state index in [0.717, 1.165) is 36.5 Å². The smallest absolute Gasteiger partial charge is 0.112 e. The van der Waals surface area contributed by atoms with Gasteiger partial charge in [0.2, 0.25) is 0 Å². The first-order valence-corrected chi connectivity index (χ1v) is 7.37. The van der Waals surface area contributed by atoms with E-state index >= 15 is 0 Å². The van der Waals surface area contributed by atoms with Crippen LogP contribution in [0.4, 0.5) is 0 Å². The molecule has 0 radical (unpaired) electrons. The molecular weight excluding hydrogens is 260 g/mol. The molecule has 1 aromatic carbocycles. The van der Waals surface area contributed by atoms with Crippen LogP contribution in [0.3, 0.4) is 0 Å². The van der Waals surface area contributed by atoms with Crippen molar-refractivity contribution in [2.24, 2.45) is 0 Å². The maximum atomic E-state index is 4.70. The normalized spacial score (nSPS) is 16.2. The third kappa shape index (κ3) is 2.32. The van der Waals surface area contributed by atoms with Crippen molar-refractivity contribution in [3.8, 4) is 0 Å². The van der Waals surface area contributed by atoms with Crippen molar-refractivity contribution in [2.75, 3.05) is 13.1 Å². The molecule has 0 aliphatic carbocycles. The summed E-state index contributed by atoms with van der Waals surface area (Å²) in [6, 6.07) is 12.3. The lowest BCUT2D eigenvalue weighted by molar-refractivity contribution is 0.133. The van der Waals surface area contributed by atoms with Crippen LogP contribution in [0.25, 0.3) is 11.0 Å². The van der Waals surface area contributed by atoms with Crippen LogP contribution in [0.15, 0.2) is 42.6 Å². The van der Waals surface area contributed by atoms with E-state index in [1.54, 1.807) is 0 Å². The average molecular weight is 278 g/mol. The lowest BCUT2D eigenvalue weighted by Crippen LogP contribution is -2.44. The summed E-state index contributed by atoms with van der Waals surface area (Å²) in [5.41, 5.74) is 4.64. The molecule has 1 N–H and O–H groups in total. The molecule has 4 rings (SSSR count). The Morgan fingerprint density at radius 2 is 2.05 bits per heavy atom. The third-order valence-electron chi connectivity index (χ3n) is 4.24. The van der Waals surface area contributed by atoms with Crippen molar-refractivity contribution in [3.05, 3.63) is 59.7 Å². The zero-order valence-electron chi connectivity index (χ0n) is 12.1. The number of aromatic amines is 1. The molecule has 4 heteroatoms. The summed E-state index contributed by atoms with van der Waals surface area (Å²) in [6.07, 6.45) is 1.87. The van der Waals surface area contributed by atoms with E-state index in [1.165, 1.54) is 11.3 Å². The van der Waals surface area contributed by atoms with Gasteiger partial charge >= 0.3 is 0 Å². The SMILES string of the molecule is Cc1cccnc1CN1CC(c2nc3ccccc3[nH]2)C1. The number of hydrogen-bond acceptors (Lipinski definition) is 3. The molecule has 21 heavy (non-hydrogen) atoms. The summed E-state index contributed by atoms with van der Waals surface area (Å²) < 4.78 is 0. The molecule has 2 aromatic heterocycles. The third-order valence-corrected chi connectivity index (χ3v) is 4.24. The monoisotopic (exact) mass is 278 g/mol. The van der Waals surface area contributed by atoms with Gasteiger partial charge in [-0.3, -0.25) is 9.88 Å². The number of nitrogens with one attached hydrogen (secondary N) is 1. The van der Waals surface area contributed by atoms with Gasteiger partial charge < -0.3 is 4.98 Å². The number of pyridine rings is 1. The lowest BCUT2D eigenvalue weighted by atomic mass is 9.99. The highest BCUT2D eigenvalue weighted by molar-refractivity contribution is 5.74. The fraction of sp³-hybridized carbons (Fsp3) is 0.294. The van der Waals surface area contributed by atoms with E-state index in [2.05, 4.69) is 40.0 Å². The molecule has 3 heterocycles. The van der Waals surface area contributed by atoms with E-state index in [9.17, 15) is 0 Å². The summed E-state index contributed by atoms with van der Waals surface area (Å²) in [5, 5.41) is 0. The molecule has 1 aliphatic rings. The van der Waals surface area contributed by atoms with Gasteiger partial charge in [0.15, 0.2) is 0 Å². The summed E-state index contributed by atoms with van der Waals surface area (Å²) in [6.45, 7) is 5.16. The van der Waals surface area contributed by atoms with Crippen molar-refractivity contribution < 1.29 is 0 Å². The van der Waals surface area contributed by atoms with Crippen molar-refractivity contribution >= 4 is 11.0 Å². The first-order valence-electron chi connectivity index (χ1n) is 7.37. The lowest BCUT2D eigenvalue weighted by Gasteiger charge is -2.38. The van der Waals surface area contributed by atoms with Crippen molar-refractivity contribution in [1.29, 1.82) is 0 Å². The van der Waals surface area contributed by atoms with E-state index in [0.29, 0.717) is 5.92 Å². The minimum atomic E-state index is 0.515. The van der Waals surface area contributed by atoms with Gasteiger partial charge in [-0.2, -0.15) is 0 Å². The molecule has 0 amide bonds. The van der Waals surface area contributed by atoms with Crippen LogP contribution in [0, 0.1) is 6.92 Å². The second kappa shape index (κ2) is 4.97. The van der Waals surface area contributed by atoms with Crippen LogP contribution in [-0.4, -0.2) is 32.9 Å². The molecule has 0 saturated carbocycles. The molecule has 3 aromatic rings. The van der Waals surface area contributed by atoms with Gasteiger partial charge in [0.25, 0.3) is 0 Å². The van der Waals surface area contributed by atoms with Crippen LogP contribution in [0.5, 0.6) is 0 Å². The molecule has 0 atom stereocenters. The maximum absolute atomic E-state index is 4.70. The Bertz CT molecular complexity index is 738. The number of nitrogens with zero attached hydrogens (tertiary/aromatic N) is 3. The number of para-hydroxylation sites is 2. The number of H-pyrrole nitrogens is 1. The topological polar surface area (TPSA) is 44.8 Å². The standard InChI is InChI=1S/C17H18N4/c1-12-5-4-8-18-16(12)11-21-9-13(10-21)17-19-14-6-2-3-7-15(14)20-17/h2-8,13H,9-11H2,1H3,(H,19,20). The minimum Gasteiger partial charge on any atom is -0.342 e. The minimum absolute atomic E-state index is 0.515. The van der Waals surface area contributed by atoms with Crippen molar-refractivity contribution in [1.82, 2.24) is 19.9 Å². The number of aromatic nitrogens is 3. The predicted octanol–water partition coefficient (Wildman–Crippen LogP) is 2.87. The molecule has 106 valence electrons. The Kier molecular flexibility index (Phi) is 2.97. The zero-order chi connectivity index (χ0) is 14.2.